The van der Waals surface area contributed by atoms with E-state index in [0.717, 1.165) is 6.08 Å². The lowest BCUT2D eigenvalue weighted by Gasteiger charge is -2.49. The zero-order chi connectivity index (χ0) is 32.5. The van der Waals surface area contributed by atoms with E-state index in [0.29, 0.717) is 32.8 Å². The number of hydrogen-bond donors (Lipinski definition) is 0. The van der Waals surface area contributed by atoms with Crippen LogP contribution in [0.25, 0.3) is 28.0 Å². The van der Waals surface area contributed by atoms with Crippen molar-refractivity contribution in [3.8, 4) is 16.9 Å². The van der Waals surface area contributed by atoms with Gasteiger partial charge in [-0.1, -0.05) is 37.2 Å². The Labute approximate surface area is 251 Å². The molecule has 0 unspecified atom stereocenters. The number of hydrogen-bond acceptors (Lipinski definition) is 8. The van der Waals surface area contributed by atoms with E-state index in [1.165, 1.54) is 21.9 Å². The van der Waals surface area contributed by atoms with Gasteiger partial charge >= 0.3 is 0 Å². The minimum Gasteiger partial charge on any atom is -0.364 e. The second-order valence-corrected chi connectivity index (χ2v) is 11.3. The number of piperazine rings is 1. The Morgan fingerprint density at radius 3 is 2.71 bits per heavy atom. The fourth-order valence-corrected chi connectivity index (χ4v) is 6.14. The number of halogens is 1. The van der Waals surface area contributed by atoms with E-state index in [-0.39, 0.29) is 46.7 Å². The van der Waals surface area contributed by atoms with Gasteiger partial charge in [0.05, 0.1) is 46.1 Å². The zero-order valence-corrected chi connectivity index (χ0v) is 24.2. The Hall–Kier alpha value is -4.51. The molecule has 0 N–H and O–H groups in total. The molecule has 2 aliphatic heterocycles. The average Bonchev–Trinajstić information content (AvgIpc) is 3.51. The van der Waals surface area contributed by atoms with E-state index in [2.05, 4.69) is 16.7 Å². The van der Waals surface area contributed by atoms with Gasteiger partial charge in [0.15, 0.2) is 5.65 Å². The van der Waals surface area contributed by atoms with Crippen LogP contribution in [0.1, 0.15) is 42.1 Å². The van der Waals surface area contributed by atoms with Gasteiger partial charge in [0.1, 0.15) is 18.0 Å². The summed E-state index contributed by atoms with van der Waals surface area (Å²) in [6.07, 6.45) is 5.61. The summed E-state index contributed by atoms with van der Waals surface area (Å²) in [6.45, 7) is 8.03. The first-order valence-electron chi connectivity index (χ1n) is 14.9. The van der Waals surface area contributed by atoms with Crippen molar-refractivity contribution in [2.45, 2.75) is 45.7 Å². The number of carbonyl (C=O) groups excluding carboxylic acids is 2. The summed E-state index contributed by atoms with van der Waals surface area (Å²) in [4.78, 5) is 54.9. The molecule has 2 atom stereocenters. The molecule has 2 aliphatic rings. The Kier molecular flexibility index (Phi) is 5.80. The molecule has 1 saturated heterocycles. The average molecular weight is 591 g/mol. The molecule has 1 fully saturated rings. The van der Waals surface area contributed by atoms with Crippen molar-refractivity contribution < 1.29 is 18.2 Å². The normalized spacial score (nSPS) is 19.8. The molecule has 0 spiro atoms. The minimum absolute atomic E-state index is 0.111. The van der Waals surface area contributed by atoms with Gasteiger partial charge in [0.25, 0.3) is 11.5 Å². The lowest BCUT2D eigenvalue weighted by Crippen LogP contribution is -2.66. The molecule has 6 rings (SSSR count). The van der Waals surface area contributed by atoms with E-state index >= 15 is 0 Å². The standard InChI is InChI=1S/C30H30ClN7O4/c1-7-22(39)36-13-21-29(40)35(6)27-26(37(21)12-17(36)5)19-10-20(31)24(18-11-33-42-14-18)34-28(19)38(30(27)41)25-16(4)8-9-32-23(25)15(2)3/h7-11,14-15,17,21H,1,12-13H2,2-6H3/t17-,21-/m1/s1/i6D3. The highest BCUT2D eigenvalue weighted by molar-refractivity contribution is 6.34. The van der Waals surface area contributed by atoms with Crippen LogP contribution in [-0.4, -0.2) is 68.6 Å². The van der Waals surface area contributed by atoms with Crippen molar-refractivity contribution in [2.24, 2.45) is 0 Å². The van der Waals surface area contributed by atoms with Gasteiger partial charge in [0.2, 0.25) is 5.91 Å². The quantitative estimate of drug-likeness (QED) is 0.326. The van der Waals surface area contributed by atoms with Crippen molar-refractivity contribution in [1.29, 1.82) is 0 Å². The molecular weight excluding hydrogens is 558 g/mol. The maximum absolute atomic E-state index is 14.9. The Morgan fingerprint density at radius 2 is 2.05 bits per heavy atom. The summed E-state index contributed by atoms with van der Waals surface area (Å²) in [5, 5.41) is 4.30. The number of carbonyl (C=O) groups is 2. The molecule has 0 aromatic carbocycles. The molecule has 42 heavy (non-hydrogen) atoms. The van der Waals surface area contributed by atoms with Crippen molar-refractivity contribution in [1.82, 2.24) is 24.6 Å². The highest BCUT2D eigenvalue weighted by Gasteiger charge is 2.46. The van der Waals surface area contributed by atoms with Gasteiger partial charge in [0, 0.05) is 35.3 Å². The van der Waals surface area contributed by atoms with Crippen LogP contribution in [0.15, 0.2) is 52.8 Å². The molecule has 4 aromatic rings. The highest BCUT2D eigenvalue weighted by Crippen LogP contribution is 2.43. The summed E-state index contributed by atoms with van der Waals surface area (Å²) >= 11 is 6.82. The molecule has 12 heteroatoms. The Balaban J connectivity index is 1.79. The number of nitrogens with zero attached hydrogens (tertiary/aromatic N) is 7. The Bertz CT molecular complexity index is 1940. The molecule has 4 aromatic heterocycles. The number of aryl methyl sites for hydroxylation is 1. The smallest absolute Gasteiger partial charge is 0.283 e. The summed E-state index contributed by atoms with van der Waals surface area (Å²) in [5.74, 6) is -1.35. The number of rotatable bonds is 4. The van der Waals surface area contributed by atoms with Gasteiger partial charge in [-0.05, 0) is 43.5 Å². The lowest BCUT2D eigenvalue weighted by molar-refractivity contribution is -0.130. The summed E-state index contributed by atoms with van der Waals surface area (Å²) in [5.41, 5.74) is 1.72. The molecule has 0 bridgehead atoms. The van der Waals surface area contributed by atoms with Crippen LogP contribution in [0, 0.1) is 6.92 Å². The SMILES string of the molecule is [2H]C([2H])([2H])N1C(=O)[C@H]2CN(C(=O)C=C)[C@H](C)CN2c2c1c(=O)n(-c1c(C)ccnc1C(C)C)c1nc(-c3cnoc3)c(Cl)cc21. The van der Waals surface area contributed by atoms with E-state index in [4.69, 9.17) is 25.2 Å². The van der Waals surface area contributed by atoms with E-state index < -0.39 is 36.4 Å². The van der Waals surface area contributed by atoms with Crippen molar-refractivity contribution in [3.63, 3.8) is 0 Å². The maximum Gasteiger partial charge on any atom is 0.283 e. The van der Waals surface area contributed by atoms with Crippen molar-refractivity contribution in [2.75, 3.05) is 29.9 Å². The number of anilines is 2. The first-order chi connectivity index (χ1) is 21.3. The van der Waals surface area contributed by atoms with E-state index in [9.17, 15) is 14.4 Å². The molecule has 216 valence electrons. The van der Waals surface area contributed by atoms with E-state index in [1.54, 1.807) is 23.2 Å². The first-order valence-corrected chi connectivity index (χ1v) is 13.8. The van der Waals surface area contributed by atoms with Crippen LogP contribution in [0.4, 0.5) is 11.4 Å². The van der Waals surface area contributed by atoms with Crippen LogP contribution in [0.2, 0.25) is 5.02 Å². The predicted octanol–water partition coefficient (Wildman–Crippen LogP) is 4.09. The summed E-state index contributed by atoms with van der Waals surface area (Å²) < 4.78 is 31.6. The molecular formula is C30H30ClN7O4. The van der Waals surface area contributed by atoms with Crippen LogP contribution in [0.3, 0.4) is 0 Å². The summed E-state index contributed by atoms with van der Waals surface area (Å²) in [6, 6.07) is 1.85. The zero-order valence-electron chi connectivity index (χ0n) is 26.5. The molecule has 6 heterocycles. The molecule has 0 saturated carbocycles. The van der Waals surface area contributed by atoms with Gasteiger partial charge in [-0.2, -0.15) is 0 Å². The predicted molar refractivity (Wildman–Crippen MR) is 160 cm³/mol. The fourth-order valence-electron chi connectivity index (χ4n) is 5.88. The van der Waals surface area contributed by atoms with Gasteiger partial charge in [-0.25, -0.2) is 4.98 Å². The third-order valence-corrected chi connectivity index (χ3v) is 8.18. The van der Waals surface area contributed by atoms with Crippen LogP contribution >= 0.6 is 11.6 Å². The second-order valence-electron chi connectivity index (χ2n) is 10.8. The maximum atomic E-state index is 14.9. The lowest BCUT2D eigenvalue weighted by atomic mass is 9.98. The van der Waals surface area contributed by atoms with Crippen LogP contribution in [0.5, 0.6) is 0 Å². The molecule has 0 aliphatic carbocycles. The third kappa shape index (κ3) is 4.02. The van der Waals surface area contributed by atoms with Gasteiger partial charge in [-0.15, -0.1) is 0 Å². The first kappa shape index (κ1) is 24.1. The largest absolute Gasteiger partial charge is 0.364 e. The summed E-state index contributed by atoms with van der Waals surface area (Å²) in [7, 11) is 0. The molecule has 0 radical (unpaired) electrons. The monoisotopic (exact) mass is 590 g/mol. The number of fused-ring (bicyclic) bond motifs is 5. The topological polar surface area (TPSA) is 118 Å². The number of pyridine rings is 3. The van der Waals surface area contributed by atoms with Crippen LogP contribution < -0.4 is 15.4 Å². The number of aromatic nitrogens is 4. The third-order valence-electron chi connectivity index (χ3n) is 7.90. The van der Waals surface area contributed by atoms with Crippen molar-refractivity contribution in [3.05, 3.63) is 70.1 Å². The Morgan fingerprint density at radius 1 is 1.26 bits per heavy atom. The molecule has 11 nitrogen and oxygen atoms in total. The molecule has 2 amide bonds. The second kappa shape index (κ2) is 10.1. The number of likely N-dealkylation sites (N-methyl/N-ethyl adjacent to an activating group) is 1. The van der Waals surface area contributed by atoms with Gasteiger partial charge < -0.3 is 19.2 Å². The fraction of sp³-hybridized carbons (Fsp3) is 0.333. The van der Waals surface area contributed by atoms with Crippen molar-refractivity contribution >= 4 is 45.8 Å². The van der Waals surface area contributed by atoms with Crippen LogP contribution in [-0.2, 0) is 9.59 Å². The van der Waals surface area contributed by atoms with E-state index in [1.807, 2.05) is 27.7 Å². The highest BCUT2D eigenvalue weighted by atomic mass is 35.5. The number of amides is 2. The minimum atomic E-state index is -3.04. The van der Waals surface area contributed by atoms with Gasteiger partial charge in [-0.3, -0.25) is 23.9 Å².